The Morgan fingerprint density at radius 3 is 1.86 bits per heavy atom. The lowest BCUT2D eigenvalue weighted by molar-refractivity contribution is -0.140. The lowest BCUT2D eigenvalue weighted by Gasteiger charge is -1.99. The molecule has 0 saturated heterocycles. The standard InChI is InChI=1S/C13H8O2.C4H8O2/c14-13-9-5-1-3-7-11(9)15-12-8-4-2-6-10(12)13;1-3-6-4(2)5/h1-8H;3H2,1-2H3. The van der Waals surface area contributed by atoms with Gasteiger partial charge in [0.1, 0.15) is 11.2 Å². The van der Waals surface area contributed by atoms with Crippen molar-refractivity contribution >= 4 is 27.9 Å². The van der Waals surface area contributed by atoms with Gasteiger partial charge in [-0.1, -0.05) is 24.3 Å². The molecule has 0 unspecified atom stereocenters. The molecule has 0 amide bonds. The fourth-order valence-corrected chi connectivity index (χ4v) is 1.95. The average Bonchev–Trinajstić information content (AvgIpc) is 2.48. The predicted molar refractivity (Wildman–Crippen MR) is 82.3 cm³/mol. The molecule has 0 radical (unpaired) electrons. The van der Waals surface area contributed by atoms with Crippen LogP contribution in [-0.2, 0) is 9.53 Å². The lowest BCUT2D eigenvalue weighted by atomic mass is 10.1. The van der Waals surface area contributed by atoms with E-state index in [0.717, 1.165) is 0 Å². The molecule has 1 aromatic heterocycles. The van der Waals surface area contributed by atoms with Crippen molar-refractivity contribution in [2.24, 2.45) is 0 Å². The highest BCUT2D eigenvalue weighted by molar-refractivity contribution is 5.89. The Morgan fingerprint density at radius 1 is 1.00 bits per heavy atom. The zero-order valence-electron chi connectivity index (χ0n) is 12.0. The predicted octanol–water partition coefficient (Wildman–Crippen LogP) is 3.52. The molecule has 4 nitrogen and oxygen atoms in total. The first kappa shape index (κ1) is 14.8. The van der Waals surface area contributed by atoms with E-state index in [2.05, 4.69) is 4.74 Å². The number of esters is 1. The minimum Gasteiger partial charge on any atom is -0.466 e. The molecule has 1 heterocycles. The second-order valence-corrected chi connectivity index (χ2v) is 4.35. The van der Waals surface area contributed by atoms with Crippen molar-refractivity contribution in [1.29, 1.82) is 0 Å². The molecule has 0 bridgehead atoms. The van der Waals surface area contributed by atoms with E-state index in [1.54, 1.807) is 19.1 Å². The molecule has 0 fully saturated rings. The highest BCUT2D eigenvalue weighted by Crippen LogP contribution is 2.17. The van der Waals surface area contributed by atoms with Crippen molar-refractivity contribution in [3.05, 3.63) is 58.8 Å². The third kappa shape index (κ3) is 3.48. The topological polar surface area (TPSA) is 56.5 Å². The first-order valence-corrected chi connectivity index (χ1v) is 6.67. The molecule has 2 aromatic carbocycles. The first-order valence-electron chi connectivity index (χ1n) is 6.67. The Balaban J connectivity index is 0.000000232. The third-order valence-corrected chi connectivity index (χ3v) is 2.83. The smallest absolute Gasteiger partial charge is 0.302 e. The Kier molecular flexibility index (Phi) is 4.72. The third-order valence-electron chi connectivity index (χ3n) is 2.83. The average molecular weight is 284 g/mol. The normalized spacial score (nSPS) is 10.0. The fraction of sp³-hybridized carbons (Fsp3) is 0.176. The van der Waals surface area contributed by atoms with Crippen molar-refractivity contribution in [2.45, 2.75) is 13.8 Å². The van der Waals surface area contributed by atoms with Crippen LogP contribution < -0.4 is 5.43 Å². The highest BCUT2D eigenvalue weighted by atomic mass is 16.5. The molecule has 4 heteroatoms. The molecule has 0 atom stereocenters. The number of ether oxygens (including phenoxy) is 1. The largest absolute Gasteiger partial charge is 0.466 e. The van der Waals surface area contributed by atoms with E-state index in [9.17, 15) is 9.59 Å². The van der Waals surface area contributed by atoms with Gasteiger partial charge in [0.15, 0.2) is 0 Å². The van der Waals surface area contributed by atoms with Crippen LogP contribution in [-0.4, -0.2) is 12.6 Å². The summed E-state index contributed by atoms with van der Waals surface area (Å²) in [5, 5.41) is 1.27. The molecule has 0 spiro atoms. The van der Waals surface area contributed by atoms with Crippen LogP contribution in [0.3, 0.4) is 0 Å². The van der Waals surface area contributed by atoms with Gasteiger partial charge in [0.2, 0.25) is 5.43 Å². The number of para-hydroxylation sites is 2. The summed E-state index contributed by atoms with van der Waals surface area (Å²) in [5.41, 5.74) is 1.31. The number of benzene rings is 2. The summed E-state index contributed by atoms with van der Waals surface area (Å²) in [4.78, 5) is 21.8. The highest BCUT2D eigenvalue weighted by Gasteiger charge is 2.04. The minimum atomic E-state index is -0.211. The van der Waals surface area contributed by atoms with Gasteiger partial charge in [0.05, 0.1) is 17.4 Å². The maximum Gasteiger partial charge on any atom is 0.302 e. The van der Waals surface area contributed by atoms with E-state index < -0.39 is 0 Å². The number of fused-ring (bicyclic) bond motifs is 2. The van der Waals surface area contributed by atoms with E-state index in [1.165, 1.54) is 6.92 Å². The van der Waals surface area contributed by atoms with Crippen LogP contribution in [0.25, 0.3) is 21.9 Å². The van der Waals surface area contributed by atoms with Gasteiger partial charge in [-0.2, -0.15) is 0 Å². The molecule has 0 N–H and O–H groups in total. The summed E-state index contributed by atoms with van der Waals surface area (Å²) < 4.78 is 10.0. The molecular weight excluding hydrogens is 268 g/mol. The Morgan fingerprint density at radius 2 is 1.48 bits per heavy atom. The van der Waals surface area contributed by atoms with Gasteiger partial charge >= 0.3 is 5.97 Å². The van der Waals surface area contributed by atoms with Crippen LogP contribution in [0.1, 0.15) is 13.8 Å². The van der Waals surface area contributed by atoms with Crippen LogP contribution in [0.2, 0.25) is 0 Å². The van der Waals surface area contributed by atoms with E-state index in [-0.39, 0.29) is 11.4 Å². The summed E-state index contributed by atoms with van der Waals surface area (Å²) in [6.07, 6.45) is 0. The number of carbonyl (C=O) groups excluding carboxylic acids is 1. The molecule has 3 aromatic rings. The van der Waals surface area contributed by atoms with Gasteiger partial charge in [-0.3, -0.25) is 9.59 Å². The monoisotopic (exact) mass is 284 g/mol. The first-order chi connectivity index (χ1) is 10.1. The Bertz CT molecular complexity index is 760. The van der Waals surface area contributed by atoms with Gasteiger partial charge in [-0.05, 0) is 31.2 Å². The summed E-state index contributed by atoms with van der Waals surface area (Å²) in [5.74, 6) is -0.211. The SMILES string of the molecule is CCOC(C)=O.O=c1c2ccccc2oc2ccccc12. The lowest BCUT2D eigenvalue weighted by Crippen LogP contribution is -2.01. The molecule has 0 aliphatic rings. The fourth-order valence-electron chi connectivity index (χ4n) is 1.95. The second kappa shape index (κ2) is 6.70. The summed E-state index contributed by atoms with van der Waals surface area (Å²) in [6.45, 7) is 3.65. The van der Waals surface area contributed by atoms with Gasteiger partial charge in [-0.25, -0.2) is 0 Å². The van der Waals surface area contributed by atoms with E-state index in [4.69, 9.17) is 4.42 Å². The number of rotatable bonds is 1. The second-order valence-electron chi connectivity index (χ2n) is 4.35. The van der Waals surface area contributed by atoms with Crippen LogP contribution in [0, 0.1) is 0 Å². The quantitative estimate of drug-likeness (QED) is 0.507. The molecule has 3 rings (SSSR count). The minimum absolute atomic E-state index is 0.0347. The van der Waals surface area contributed by atoms with E-state index in [0.29, 0.717) is 28.5 Å². The molecule has 21 heavy (non-hydrogen) atoms. The maximum atomic E-state index is 12.0. The van der Waals surface area contributed by atoms with E-state index in [1.807, 2.05) is 36.4 Å². The Labute approximate surface area is 122 Å². The zero-order chi connectivity index (χ0) is 15.2. The van der Waals surface area contributed by atoms with E-state index >= 15 is 0 Å². The maximum absolute atomic E-state index is 12.0. The summed E-state index contributed by atoms with van der Waals surface area (Å²) >= 11 is 0. The van der Waals surface area contributed by atoms with Gasteiger partial charge < -0.3 is 9.15 Å². The van der Waals surface area contributed by atoms with Gasteiger partial charge in [0, 0.05) is 6.92 Å². The van der Waals surface area contributed by atoms with Gasteiger partial charge in [0.25, 0.3) is 0 Å². The summed E-state index contributed by atoms with van der Waals surface area (Å²) in [6, 6.07) is 14.6. The summed E-state index contributed by atoms with van der Waals surface area (Å²) in [7, 11) is 0. The van der Waals surface area contributed by atoms with Crippen molar-refractivity contribution in [2.75, 3.05) is 6.61 Å². The van der Waals surface area contributed by atoms with Crippen LogP contribution in [0.5, 0.6) is 0 Å². The number of hydrogen-bond donors (Lipinski definition) is 0. The Hall–Kier alpha value is -2.62. The number of carbonyl (C=O) groups is 1. The molecular formula is C17H16O4. The molecule has 0 saturated carbocycles. The zero-order valence-corrected chi connectivity index (χ0v) is 12.0. The van der Waals surface area contributed by atoms with Crippen molar-refractivity contribution < 1.29 is 13.9 Å². The molecule has 0 aliphatic heterocycles. The van der Waals surface area contributed by atoms with Crippen molar-refractivity contribution in [3.63, 3.8) is 0 Å². The van der Waals surface area contributed by atoms with Gasteiger partial charge in [-0.15, -0.1) is 0 Å². The van der Waals surface area contributed by atoms with Crippen molar-refractivity contribution in [1.82, 2.24) is 0 Å². The number of hydrogen-bond acceptors (Lipinski definition) is 4. The van der Waals surface area contributed by atoms with Crippen LogP contribution in [0.15, 0.2) is 57.7 Å². The van der Waals surface area contributed by atoms with Crippen LogP contribution >= 0.6 is 0 Å². The molecule has 0 aliphatic carbocycles. The molecule has 108 valence electrons. The van der Waals surface area contributed by atoms with Crippen LogP contribution in [0.4, 0.5) is 0 Å². The van der Waals surface area contributed by atoms with Crippen molar-refractivity contribution in [3.8, 4) is 0 Å².